The fourth-order valence-electron chi connectivity index (χ4n) is 1.66. The van der Waals surface area contributed by atoms with Crippen LogP contribution < -0.4 is 5.32 Å². The molecule has 1 amide bonds. The number of rotatable bonds is 8. The molecule has 0 spiro atoms. The molecule has 0 aliphatic heterocycles. The fraction of sp³-hybridized carbons (Fsp3) is 0.615. The maximum Gasteiger partial charge on any atom is 0.230 e. The molecule has 1 aromatic heterocycles. The van der Waals surface area contributed by atoms with E-state index in [-0.39, 0.29) is 18.6 Å². The zero-order chi connectivity index (χ0) is 13.4. The van der Waals surface area contributed by atoms with Gasteiger partial charge < -0.3 is 10.4 Å². The minimum atomic E-state index is -0.111. The molecule has 0 saturated heterocycles. The summed E-state index contributed by atoms with van der Waals surface area (Å²) in [4.78, 5) is 13.0. The third-order valence-electron chi connectivity index (χ3n) is 2.40. The molecule has 0 bridgehead atoms. The van der Waals surface area contributed by atoms with Gasteiger partial charge in [-0.3, -0.25) is 4.79 Å². The van der Waals surface area contributed by atoms with Gasteiger partial charge in [0.2, 0.25) is 5.91 Å². The van der Waals surface area contributed by atoms with Gasteiger partial charge in [0.25, 0.3) is 0 Å². The van der Waals surface area contributed by atoms with Crippen LogP contribution in [0.5, 0.6) is 0 Å². The first-order valence-electron chi connectivity index (χ1n) is 6.12. The number of hydrogen-bond donors (Lipinski definition) is 2. The summed E-state index contributed by atoms with van der Waals surface area (Å²) in [6.07, 6.45) is 0.817. The summed E-state index contributed by atoms with van der Waals surface area (Å²) in [5.41, 5.74) is 0. The molecule has 0 radical (unpaired) electrons. The summed E-state index contributed by atoms with van der Waals surface area (Å²) < 4.78 is 0. The number of thioether (sulfide) groups is 1. The highest BCUT2D eigenvalue weighted by Crippen LogP contribution is 2.16. The lowest BCUT2D eigenvalue weighted by Crippen LogP contribution is -2.39. The van der Waals surface area contributed by atoms with E-state index < -0.39 is 0 Å². The van der Waals surface area contributed by atoms with Gasteiger partial charge in [0.1, 0.15) is 0 Å². The van der Waals surface area contributed by atoms with Crippen molar-refractivity contribution in [3.05, 3.63) is 22.4 Å². The van der Waals surface area contributed by atoms with Gasteiger partial charge >= 0.3 is 0 Å². The summed E-state index contributed by atoms with van der Waals surface area (Å²) in [7, 11) is 0. The molecule has 0 aliphatic rings. The Labute approximate surface area is 117 Å². The van der Waals surface area contributed by atoms with E-state index in [4.69, 9.17) is 0 Å². The second-order valence-corrected chi connectivity index (χ2v) is 6.67. The van der Waals surface area contributed by atoms with Crippen molar-refractivity contribution in [2.24, 2.45) is 5.92 Å². The molecule has 1 aromatic rings. The van der Waals surface area contributed by atoms with Crippen LogP contribution in [0.2, 0.25) is 0 Å². The molecule has 0 aromatic carbocycles. The van der Waals surface area contributed by atoms with Gasteiger partial charge in [0.15, 0.2) is 0 Å². The standard InChI is InChI=1S/C13H21NO2S2/c1-10(2)6-11(7-15)14-13(16)9-17-8-12-4-3-5-18-12/h3-5,10-11,15H,6-9H2,1-2H3,(H,14,16). The number of aliphatic hydroxyl groups is 1. The molecule has 3 nitrogen and oxygen atoms in total. The lowest BCUT2D eigenvalue weighted by Gasteiger charge is -2.18. The van der Waals surface area contributed by atoms with Gasteiger partial charge in [-0.2, -0.15) is 0 Å². The Morgan fingerprint density at radius 2 is 2.33 bits per heavy atom. The highest BCUT2D eigenvalue weighted by atomic mass is 32.2. The predicted molar refractivity (Wildman–Crippen MR) is 79.0 cm³/mol. The molecule has 1 atom stereocenters. The Balaban J connectivity index is 2.19. The van der Waals surface area contributed by atoms with Crippen molar-refractivity contribution < 1.29 is 9.90 Å². The summed E-state index contributed by atoms with van der Waals surface area (Å²) >= 11 is 3.32. The molecule has 0 fully saturated rings. The molecule has 1 heterocycles. The first-order chi connectivity index (χ1) is 8.61. The highest BCUT2D eigenvalue weighted by Gasteiger charge is 2.12. The molecular weight excluding hydrogens is 266 g/mol. The van der Waals surface area contributed by atoms with E-state index in [0.29, 0.717) is 11.7 Å². The van der Waals surface area contributed by atoms with Crippen molar-refractivity contribution in [3.8, 4) is 0 Å². The van der Waals surface area contributed by atoms with Gasteiger partial charge in [0.05, 0.1) is 18.4 Å². The number of hydrogen-bond acceptors (Lipinski definition) is 4. The summed E-state index contributed by atoms with van der Waals surface area (Å²) in [5.74, 6) is 1.81. The number of thiophene rings is 1. The van der Waals surface area contributed by atoms with Crippen molar-refractivity contribution in [2.75, 3.05) is 12.4 Å². The van der Waals surface area contributed by atoms with E-state index in [2.05, 4.69) is 25.2 Å². The van der Waals surface area contributed by atoms with Crippen LogP contribution in [0, 0.1) is 5.92 Å². The lowest BCUT2D eigenvalue weighted by molar-refractivity contribution is -0.119. The zero-order valence-corrected chi connectivity index (χ0v) is 12.5. The molecule has 1 rings (SSSR count). The normalized spacial score (nSPS) is 12.7. The van der Waals surface area contributed by atoms with Crippen molar-refractivity contribution in [3.63, 3.8) is 0 Å². The van der Waals surface area contributed by atoms with E-state index in [1.807, 2.05) is 11.4 Å². The van der Waals surface area contributed by atoms with Crippen LogP contribution in [-0.2, 0) is 10.5 Å². The van der Waals surface area contributed by atoms with Crippen molar-refractivity contribution in [2.45, 2.75) is 32.1 Å². The molecule has 102 valence electrons. The minimum absolute atomic E-state index is 0.0104. The summed E-state index contributed by atoms with van der Waals surface area (Å²) in [6, 6.07) is 3.98. The van der Waals surface area contributed by atoms with Crippen LogP contribution in [0.1, 0.15) is 25.1 Å². The van der Waals surface area contributed by atoms with Crippen molar-refractivity contribution >= 4 is 29.0 Å². The Kier molecular flexibility index (Phi) is 7.39. The van der Waals surface area contributed by atoms with E-state index in [1.54, 1.807) is 23.1 Å². The van der Waals surface area contributed by atoms with Crippen LogP contribution >= 0.6 is 23.1 Å². The smallest absolute Gasteiger partial charge is 0.230 e. The Morgan fingerprint density at radius 3 is 2.89 bits per heavy atom. The van der Waals surface area contributed by atoms with Gasteiger partial charge in [-0.1, -0.05) is 19.9 Å². The number of aliphatic hydroxyl groups excluding tert-OH is 1. The first-order valence-corrected chi connectivity index (χ1v) is 8.15. The second-order valence-electron chi connectivity index (χ2n) is 4.65. The Hall–Kier alpha value is -0.520. The van der Waals surface area contributed by atoms with Gasteiger partial charge in [0, 0.05) is 10.6 Å². The molecule has 1 unspecified atom stereocenters. The van der Waals surface area contributed by atoms with E-state index in [0.717, 1.165) is 12.2 Å². The number of carbonyl (C=O) groups excluding carboxylic acids is 1. The SMILES string of the molecule is CC(C)CC(CO)NC(=O)CSCc1cccs1. The van der Waals surface area contributed by atoms with Crippen molar-refractivity contribution in [1.82, 2.24) is 5.32 Å². The van der Waals surface area contributed by atoms with Gasteiger partial charge in [-0.15, -0.1) is 23.1 Å². The monoisotopic (exact) mass is 287 g/mol. The number of carbonyl (C=O) groups is 1. The average molecular weight is 287 g/mol. The van der Waals surface area contributed by atoms with Crippen LogP contribution in [0.3, 0.4) is 0 Å². The molecule has 0 aliphatic carbocycles. The molecular formula is C13H21NO2S2. The maximum absolute atomic E-state index is 11.7. The summed E-state index contributed by atoms with van der Waals surface area (Å²) in [5, 5.41) is 14.1. The van der Waals surface area contributed by atoms with E-state index in [1.165, 1.54) is 4.88 Å². The Bertz CT molecular complexity index is 339. The average Bonchev–Trinajstić information content (AvgIpc) is 2.80. The highest BCUT2D eigenvalue weighted by molar-refractivity contribution is 7.99. The van der Waals surface area contributed by atoms with Crippen molar-refractivity contribution in [1.29, 1.82) is 0 Å². The second kappa shape index (κ2) is 8.56. The zero-order valence-electron chi connectivity index (χ0n) is 10.9. The molecule has 0 saturated carbocycles. The molecule has 18 heavy (non-hydrogen) atoms. The van der Waals surface area contributed by atoms with E-state index >= 15 is 0 Å². The maximum atomic E-state index is 11.7. The van der Waals surface area contributed by atoms with Gasteiger partial charge in [-0.25, -0.2) is 0 Å². The third-order valence-corrected chi connectivity index (χ3v) is 4.44. The topological polar surface area (TPSA) is 49.3 Å². The van der Waals surface area contributed by atoms with Gasteiger partial charge in [-0.05, 0) is 23.8 Å². The predicted octanol–water partition coefficient (Wildman–Crippen LogP) is 2.50. The molecule has 5 heteroatoms. The lowest BCUT2D eigenvalue weighted by atomic mass is 10.0. The largest absolute Gasteiger partial charge is 0.394 e. The van der Waals surface area contributed by atoms with Crippen LogP contribution in [-0.4, -0.2) is 29.4 Å². The van der Waals surface area contributed by atoms with Crippen LogP contribution in [0.15, 0.2) is 17.5 Å². The van der Waals surface area contributed by atoms with Crippen LogP contribution in [0.4, 0.5) is 0 Å². The summed E-state index contributed by atoms with van der Waals surface area (Å²) in [6.45, 7) is 4.18. The Morgan fingerprint density at radius 1 is 1.56 bits per heavy atom. The number of amides is 1. The number of nitrogens with one attached hydrogen (secondary N) is 1. The minimum Gasteiger partial charge on any atom is -0.394 e. The first kappa shape index (κ1) is 15.5. The quantitative estimate of drug-likeness (QED) is 0.772. The van der Waals surface area contributed by atoms with E-state index in [9.17, 15) is 9.90 Å². The van der Waals surface area contributed by atoms with Crippen LogP contribution in [0.25, 0.3) is 0 Å². The molecule has 2 N–H and O–H groups in total. The fourth-order valence-corrected chi connectivity index (χ4v) is 3.34. The third kappa shape index (κ3) is 6.42.